The summed E-state index contributed by atoms with van der Waals surface area (Å²) >= 11 is 0. The monoisotopic (exact) mass is 475 g/mol. The molecule has 12 heteroatoms. The van der Waals surface area contributed by atoms with Crippen LogP contribution in [0.3, 0.4) is 0 Å². The summed E-state index contributed by atoms with van der Waals surface area (Å²) < 4.78 is 42.8. The maximum absolute atomic E-state index is 12.9. The number of aromatic hydroxyl groups is 1. The molecule has 0 amide bonds. The highest BCUT2D eigenvalue weighted by Crippen LogP contribution is 2.31. The first-order valence-electron chi connectivity index (χ1n) is 10.2. The maximum Gasteiger partial charge on any atom is 0.573 e. The molecule has 0 unspecified atom stereocenters. The van der Waals surface area contributed by atoms with Gasteiger partial charge in [-0.3, -0.25) is 9.88 Å². The molecular formula is C22H20F3N5O4. The van der Waals surface area contributed by atoms with Gasteiger partial charge in [-0.2, -0.15) is 0 Å². The summed E-state index contributed by atoms with van der Waals surface area (Å²) in [7, 11) is 0. The van der Waals surface area contributed by atoms with Crippen LogP contribution in [0.15, 0.2) is 48.8 Å². The number of aromatic nitrogens is 3. The van der Waals surface area contributed by atoms with Gasteiger partial charge in [0.05, 0.1) is 6.20 Å². The number of carboxylic acids is 1. The Bertz CT molecular complexity index is 1170. The smallest absolute Gasteiger partial charge is 0.506 e. The van der Waals surface area contributed by atoms with Gasteiger partial charge in [-0.25, -0.2) is 4.79 Å². The quantitative estimate of drug-likeness (QED) is 0.555. The molecule has 4 rings (SSSR count). The summed E-state index contributed by atoms with van der Waals surface area (Å²) in [4.78, 5) is 18.9. The molecule has 1 saturated heterocycles. The van der Waals surface area contributed by atoms with E-state index in [4.69, 9.17) is 5.11 Å². The number of carbonyl (C=O) groups is 1. The van der Waals surface area contributed by atoms with E-state index < -0.39 is 12.3 Å². The van der Waals surface area contributed by atoms with Gasteiger partial charge in [-0.1, -0.05) is 0 Å². The predicted octanol–water partition coefficient (Wildman–Crippen LogP) is 3.16. The Kier molecular flexibility index (Phi) is 6.50. The number of benzene rings is 1. The molecule has 2 aromatic heterocycles. The lowest BCUT2D eigenvalue weighted by atomic mass is 10.0. The molecule has 3 heterocycles. The fourth-order valence-electron chi connectivity index (χ4n) is 3.70. The molecule has 2 N–H and O–H groups in total. The van der Waals surface area contributed by atoms with Crippen LogP contribution >= 0.6 is 0 Å². The van der Waals surface area contributed by atoms with Crippen LogP contribution in [-0.4, -0.2) is 68.8 Å². The van der Waals surface area contributed by atoms with Crippen LogP contribution < -0.4 is 9.64 Å². The van der Waals surface area contributed by atoms with Crippen molar-refractivity contribution >= 4 is 11.8 Å². The van der Waals surface area contributed by atoms with Crippen molar-refractivity contribution in [1.29, 1.82) is 0 Å². The minimum atomic E-state index is -4.84. The number of pyridine rings is 1. The summed E-state index contributed by atoms with van der Waals surface area (Å²) in [5.74, 6) is -1.04. The summed E-state index contributed by atoms with van der Waals surface area (Å²) in [6, 6.07) is 8.74. The average Bonchev–Trinajstić information content (AvgIpc) is 2.78. The van der Waals surface area contributed by atoms with Gasteiger partial charge in [0.1, 0.15) is 11.5 Å². The van der Waals surface area contributed by atoms with Crippen molar-refractivity contribution in [3.05, 3.63) is 60.0 Å². The Hall–Kier alpha value is -3.93. The molecule has 0 atom stereocenters. The largest absolute Gasteiger partial charge is 0.573 e. The number of anilines is 1. The lowest BCUT2D eigenvalue weighted by Gasteiger charge is -2.35. The number of ether oxygens (including phenoxy) is 1. The van der Waals surface area contributed by atoms with E-state index in [1.54, 1.807) is 12.1 Å². The number of nitrogens with zero attached hydrogens (tertiary/aromatic N) is 5. The van der Waals surface area contributed by atoms with Crippen LogP contribution in [0.4, 0.5) is 19.0 Å². The number of carboxylic acid groups (broad SMARTS) is 1. The lowest BCUT2D eigenvalue weighted by Crippen LogP contribution is -2.46. The van der Waals surface area contributed by atoms with E-state index in [-0.39, 0.29) is 17.2 Å². The first-order chi connectivity index (χ1) is 16.2. The number of alkyl halides is 3. The van der Waals surface area contributed by atoms with Gasteiger partial charge in [0.25, 0.3) is 0 Å². The second-order valence-corrected chi connectivity index (χ2v) is 7.69. The molecule has 1 aliphatic heterocycles. The van der Waals surface area contributed by atoms with Gasteiger partial charge in [0.2, 0.25) is 0 Å². The van der Waals surface area contributed by atoms with Crippen molar-refractivity contribution in [3.63, 3.8) is 0 Å². The molecule has 0 bridgehead atoms. The average molecular weight is 475 g/mol. The molecule has 9 nitrogen and oxygen atoms in total. The molecule has 1 fully saturated rings. The molecule has 0 radical (unpaired) electrons. The van der Waals surface area contributed by atoms with Crippen LogP contribution in [0.5, 0.6) is 11.5 Å². The van der Waals surface area contributed by atoms with Crippen LogP contribution in [0, 0.1) is 0 Å². The molecule has 0 aliphatic carbocycles. The zero-order valence-corrected chi connectivity index (χ0v) is 17.7. The van der Waals surface area contributed by atoms with E-state index in [1.165, 1.54) is 36.7 Å². The molecule has 0 spiro atoms. The van der Waals surface area contributed by atoms with E-state index in [0.717, 1.165) is 0 Å². The standard InChI is InChI=1S/C22H20F3N5O4/c23-22(24,25)34-18-8-14(7-15(10-18)16-9-17(31)12-26-11-16)13-29-3-5-30(6-4-29)20-2-1-19(21(32)33)27-28-20/h1-2,7-12,31H,3-6,13H2,(H,32,33). The third-order valence-electron chi connectivity index (χ3n) is 5.23. The van der Waals surface area contributed by atoms with Crippen molar-refractivity contribution < 1.29 is 32.9 Å². The van der Waals surface area contributed by atoms with E-state index in [1.807, 2.05) is 4.90 Å². The second-order valence-electron chi connectivity index (χ2n) is 7.69. The second kappa shape index (κ2) is 9.51. The van der Waals surface area contributed by atoms with Gasteiger partial charge >= 0.3 is 12.3 Å². The van der Waals surface area contributed by atoms with Gasteiger partial charge < -0.3 is 19.8 Å². The third kappa shape index (κ3) is 5.90. The summed E-state index contributed by atoms with van der Waals surface area (Å²) in [6.45, 7) is 2.77. The number of rotatable bonds is 6. The third-order valence-corrected chi connectivity index (χ3v) is 5.23. The maximum atomic E-state index is 12.9. The van der Waals surface area contributed by atoms with E-state index >= 15 is 0 Å². The van der Waals surface area contributed by atoms with Crippen molar-refractivity contribution in [2.45, 2.75) is 12.9 Å². The predicted molar refractivity (Wildman–Crippen MR) is 115 cm³/mol. The Labute approximate surface area is 192 Å². The highest BCUT2D eigenvalue weighted by Gasteiger charge is 2.31. The number of halogens is 3. The number of hydrogen-bond donors (Lipinski definition) is 2. The van der Waals surface area contributed by atoms with Crippen LogP contribution in [0.1, 0.15) is 16.1 Å². The zero-order chi connectivity index (χ0) is 24.3. The van der Waals surface area contributed by atoms with Gasteiger partial charge in [-0.15, -0.1) is 23.4 Å². The van der Waals surface area contributed by atoms with Crippen LogP contribution in [0.25, 0.3) is 11.1 Å². The Balaban J connectivity index is 1.48. The summed E-state index contributed by atoms with van der Waals surface area (Å²) in [5.41, 5.74) is 1.37. The zero-order valence-electron chi connectivity index (χ0n) is 17.7. The number of aromatic carboxylic acids is 1. The Morgan fingerprint density at radius 3 is 2.38 bits per heavy atom. The topological polar surface area (TPSA) is 112 Å². The van der Waals surface area contributed by atoms with E-state index in [0.29, 0.717) is 55.2 Å². The number of piperazine rings is 1. The van der Waals surface area contributed by atoms with Gasteiger partial charge in [0, 0.05) is 44.5 Å². The highest BCUT2D eigenvalue weighted by atomic mass is 19.4. The number of hydrogen-bond acceptors (Lipinski definition) is 8. The lowest BCUT2D eigenvalue weighted by molar-refractivity contribution is -0.274. The Morgan fingerprint density at radius 1 is 1.00 bits per heavy atom. The SMILES string of the molecule is O=C(O)c1ccc(N2CCN(Cc3cc(OC(F)(F)F)cc(-c4cncc(O)c4)c3)CC2)nn1. The first-order valence-corrected chi connectivity index (χ1v) is 10.2. The minimum Gasteiger partial charge on any atom is -0.506 e. The molecule has 0 saturated carbocycles. The van der Waals surface area contributed by atoms with Crippen LogP contribution in [-0.2, 0) is 6.54 Å². The Morgan fingerprint density at radius 2 is 1.76 bits per heavy atom. The van der Waals surface area contributed by atoms with Crippen LogP contribution in [0.2, 0.25) is 0 Å². The molecule has 34 heavy (non-hydrogen) atoms. The molecule has 3 aromatic rings. The van der Waals surface area contributed by atoms with Crippen molar-refractivity contribution in [3.8, 4) is 22.6 Å². The summed E-state index contributed by atoms with van der Waals surface area (Å²) in [6.07, 6.45) is -2.15. The fraction of sp³-hybridized carbons (Fsp3) is 0.273. The normalized spacial score (nSPS) is 14.7. The van der Waals surface area contributed by atoms with E-state index in [9.17, 15) is 23.1 Å². The molecule has 178 valence electrons. The van der Waals surface area contributed by atoms with Crippen molar-refractivity contribution in [1.82, 2.24) is 20.1 Å². The molecular weight excluding hydrogens is 455 g/mol. The summed E-state index contributed by atoms with van der Waals surface area (Å²) in [5, 5.41) is 26.3. The minimum absolute atomic E-state index is 0.100. The first kappa shape index (κ1) is 23.2. The molecule has 1 aliphatic rings. The highest BCUT2D eigenvalue weighted by molar-refractivity contribution is 5.85. The fourth-order valence-corrected chi connectivity index (χ4v) is 3.70. The molecule has 1 aromatic carbocycles. The van der Waals surface area contributed by atoms with E-state index in [2.05, 4.69) is 24.8 Å². The van der Waals surface area contributed by atoms with Crippen molar-refractivity contribution in [2.75, 3.05) is 31.1 Å². The van der Waals surface area contributed by atoms with Gasteiger partial charge in [-0.05, 0) is 47.5 Å². The van der Waals surface area contributed by atoms with Crippen molar-refractivity contribution in [2.24, 2.45) is 0 Å². The van der Waals surface area contributed by atoms with Gasteiger partial charge in [0.15, 0.2) is 11.5 Å².